The van der Waals surface area contributed by atoms with E-state index in [0.717, 1.165) is 5.69 Å². The van der Waals surface area contributed by atoms with Gasteiger partial charge in [-0.3, -0.25) is 9.59 Å². The van der Waals surface area contributed by atoms with Crippen molar-refractivity contribution in [2.24, 2.45) is 0 Å². The maximum absolute atomic E-state index is 13.0. The van der Waals surface area contributed by atoms with Gasteiger partial charge in [-0.1, -0.05) is 35.9 Å². The van der Waals surface area contributed by atoms with E-state index in [4.69, 9.17) is 11.6 Å². The molecule has 2 N–H and O–H groups in total. The summed E-state index contributed by atoms with van der Waals surface area (Å²) in [4.78, 5) is 25.6. The molecule has 0 fully saturated rings. The smallest absolute Gasteiger partial charge is 0.240 e. The number of hydrogen-bond donors (Lipinski definition) is 2. The van der Waals surface area contributed by atoms with E-state index in [1.807, 2.05) is 30.3 Å². The molecule has 6 nitrogen and oxygen atoms in total. The van der Waals surface area contributed by atoms with Gasteiger partial charge in [-0.15, -0.1) is 0 Å². The number of carbonyl (C=O) groups is 2. The maximum atomic E-state index is 13.0. The number of rotatable bonds is 1. The largest absolute Gasteiger partial charge is 0.325 e. The molecule has 0 aliphatic carbocycles. The van der Waals surface area contributed by atoms with Crippen LogP contribution in [0.4, 0.5) is 11.5 Å². The number of amides is 2. The second kappa shape index (κ2) is 5.19. The summed E-state index contributed by atoms with van der Waals surface area (Å²) in [7, 11) is 0. The fourth-order valence-electron chi connectivity index (χ4n) is 3.89. The molecule has 2 aliphatic rings. The molecule has 0 saturated carbocycles. The molecule has 1 atom stereocenters. The minimum atomic E-state index is -1.17. The monoisotopic (exact) mass is 364 g/mol. The van der Waals surface area contributed by atoms with Crippen molar-refractivity contribution in [3.8, 4) is 5.69 Å². The summed E-state index contributed by atoms with van der Waals surface area (Å²) in [5.74, 6) is -0.0159. The predicted molar refractivity (Wildman–Crippen MR) is 97.7 cm³/mol. The summed E-state index contributed by atoms with van der Waals surface area (Å²) in [5, 5.41) is 10.6. The molecule has 0 saturated heterocycles. The Balaban J connectivity index is 1.80. The molecule has 3 aromatic rings. The third-order valence-electron chi connectivity index (χ3n) is 4.99. The number of halogens is 1. The van der Waals surface area contributed by atoms with Crippen LogP contribution in [0.25, 0.3) is 5.69 Å². The van der Waals surface area contributed by atoms with Crippen LogP contribution in [0.15, 0.2) is 54.7 Å². The Morgan fingerprint density at radius 1 is 1.04 bits per heavy atom. The lowest BCUT2D eigenvalue weighted by Crippen LogP contribution is -2.43. The van der Waals surface area contributed by atoms with E-state index in [0.29, 0.717) is 27.7 Å². The summed E-state index contributed by atoms with van der Waals surface area (Å²) in [5.41, 5.74) is 1.54. The first kappa shape index (κ1) is 15.2. The van der Waals surface area contributed by atoms with Gasteiger partial charge >= 0.3 is 0 Å². The molecule has 0 unspecified atom stereocenters. The van der Waals surface area contributed by atoms with Gasteiger partial charge in [0.1, 0.15) is 11.2 Å². The average molecular weight is 365 g/mol. The number of anilines is 2. The molecule has 2 amide bonds. The molecule has 1 aromatic heterocycles. The molecule has 128 valence electrons. The second-order valence-electron chi connectivity index (χ2n) is 6.40. The molecular weight excluding hydrogens is 352 g/mol. The van der Waals surface area contributed by atoms with E-state index in [1.54, 1.807) is 29.1 Å². The zero-order chi connectivity index (χ0) is 17.9. The summed E-state index contributed by atoms with van der Waals surface area (Å²) in [6, 6.07) is 14.7. The molecule has 26 heavy (non-hydrogen) atoms. The van der Waals surface area contributed by atoms with Crippen molar-refractivity contribution in [2.75, 3.05) is 10.6 Å². The standard InChI is InChI=1S/C19H13ClN4O2/c20-13-7-4-8-14-16(13)19(18(26)22-14)9-15(25)23-17-12(19)10-21-24(17)11-5-2-1-3-6-11/h1-8,10H,9H2,(H,22,26)(H,23,25)/t19-/m0/s1. The van der Waals surface area contributed by atoms with Crippen LogP contribution in [-0.4, -0.2) is 21.6 Å². The Hall–Kier alpha value is -3.12. The van der Waals surface area contributed by atoms with Crippen molar-refractivity contribution in [3.63, 3.8) is 0 Å². The van der Waals surface area contributed by atoms with Crippen molar-refractivity contribution in [1.29, 1.82) is 0 Å². The Morgan fingerprint density at radius 3 is 2.65 bits per heavy atom. The van der Waals surface area contributed by atoms with Crippen LogP contribution < -0.4 is 10.6 Å². The fourth-order valence-corrected chi connectivity index (χ4v) is 4.22. The maximum Gasteiger partial charge on any atom is 0.240 e. The molecule has 0 radical (unpaired) electrons. The average Bonchev–Trinajstić information content (AvgIpc) is 3.17. The highest BCUT2D eigenvalue weighted by atomic mass is 35.5. The molecule has 7 heteroatoms. The van der Waals surface area contributed by atoms with E-state index in [9.17, 15) is 9.59 Å². The fraction of sp³-hybridized carbons (Fsp3) is 0.105. The Morgan fingerprint density at radius 2 is 1.85 bits per heavy atom. The third kappa shape index (κ3) is 1.84. The second-order valence-corrected chi connectivity index (χ2v) is 6.81. The molecule has 2 aliphatic heterocycles. The minimum Gasteiger partial charge on any atom is -0.325 e. The summed E-state index contributed by atoms with van der Waals surface area (Å²) < 4.78 is 1.64. The first-order chi connectivity index (χ1) is 12.6. The van der Waals surface area contributed by atoms with E-state index >= 15 is 0 Å². The third-order valence-corrected chi connectivity index (χ3v) is 5.30. The van der Waals surface area contributed by atoms with E-state index in [1.165, 1.54) is 0 Å². The van der Waals surface area contributed by atoms with E-state index in [2.05, 4.69) is 15.7 Å². The molecule has 0 bridgehead atoms. The Labute approximate surface area is 153 Å². The van der Waals surface area contributed by atoms with Crippen molar-refractivity contribution in [1.82, 2.24) is 9.78 Å². The lowest BCUT2D eigenvalue weighted by Gasteiger charge is -2.32. The summed E-state index contributed by atoms with van der Waals surface area (Å²) in [6.45, 7) is 0. The number of hydrogen-bond acceptors (Lipinski definition) is 3. The number of benzene rings is 2. The van der Waals surface area contributed by atoms with Crippen molar-refractivity contribution in [3.05, 3.63) is 70.9 Å². The summed E-state index contributed by atoms with van der Waals surface area (Å²) in [6.07, 6.45) is 1.63. The van der Waals surface area contributed by atoms with E-state index in [-0.39, 0.29) is 18.2 Å². The van der Waals surface area contributed by atoms with Crippen LogP contribution >= 0.6 is 11.6 Å². The topological polar surface area (TPSA) is 76.0 Å². The van der Waals surface area contributed by atoms with Gasteiger partial charge in [0.05, 0.1) is 11.9 Å². The van der Waals surface area contributed by atoms with E-state index < -0.39 is 5.41 Å². The minimum absolute atomic E-state index is 0.0109. The zero-order valence-corrected chi connectivity index (χ0v) is 14.2. The van der Waals surface area contributed by atoms with Crippen LogP contribution in [0.3, 0.4) is 0 Å². The molecule has 1 spiro atoms. The van der Waals surface area contributed by atoms with Crippen molar-refractivity contribution >= 4 is 34.9 Å². The van der Waals surface area contributed by atoms with Crippen LogP contribution in [-0.2, 0) is 15.0 Å². The van der Waals surface area contributed by atoms with Gasteiger partial charge < -0.3 is 10.6 Å². The normalized spacial score (nSPS) is 20.5. The summed E-state index contributed by atoms with van der Waals surface area (Å²) >= 11 is 6.44. The lowest BCUT2D eigenvalue weighted by atomic mass is 9.72. The van der Waals surface area contributed by atoms with Crippen LogP contribution in [0.1, 0.15) is 17.5 Å². The van der Waals surface area contributed by atoms with Gasteiger partial charge in [-0.05, 0) is 24.3 Å². The highest BCUT2D eigenvalue weighted by molar-refractivity contribution is 6.33. The number of nitrogens with one attached hydrogen (secondary N) is 2. The van der Waals surface area contributed by atoms with Gasteiger partial charge in [0.25, 0.3) is 0 Å². The van der Waals surface area contributed by atoms with Crippen molar-refractivity contribution in [2.45, 2.75) is 11.8 Å². The van der Waals surface area contributed by atoms with Gasteiger partial charge in [0.2, 0.25) is 11.8 Å². The molecule has 5 rings (SSSR count). The first-order valence-corrected chi connectivity index (χ1v) is 8.53. The number of fused-ring (bicyclic) bond motifs is 4. The van der Waals surface area contributed by atoms with Crippen LogP contribution in [0.5, 0.6) is 0 Å². The molecule has 2 aromatic carbocycles. The number of aromatic nitrogens is 2. The Kier molecular flexibility index (Phi) is 3.02. The van der Waals surface area contributed by atoms with Crippen molar-refractivity contribution < 1.29 is 9.59 Å². The molecular formula is C19H13ClN4O2. The zero-order valence-electron chi connectivity index (χ0n) is 13.5. The van der Waals surface area contributed by atoms with Crippen LogP contribution in [0, 0.1) is 0 Å². The predicted octanol–water partition coefficient (Wildman–Crippen LogP) is 3.11. The number of nitrogens with zero attached hydrogens (tertiary/aromatic N) is 2. The van der Waals surface area contributed by atoms with Gasteiger partial charge in [0, 0.05) is 28.3 Å². The van der Waals surface area contributed by atoms with Crippen LogP contribution in [0.2, 0.25) is 5.02 Å². The number of para-hydroxylation sites is 1. The quantitative estimate of drug-likeness (QED) is 0.696. The van der Waals surface area contributed by atoms with Gasteiger partial charge in [0.15, 0.2) is 0 Å². The Bertz CT molecular complexity index is 1080. The van der Waals surface area contributed by atoms with Gasteiger partial charge in [-0.2, -0.15) is 5.10 Å². The lowest BCUT2D eigenvalue weighted by molar-refractivity contribution is -0.125. The first-order valence-electron chi connectivity index (χ1n) is 8.15. The number of carbonyl (C=O) groups excluding carboxylic acids is 2. The molecule has 3 heterocycles. The highest BCUT2D eigenvalue weighted by Crippen LogP contribution is 2.52. The highest BCUT2D eigenvalue weighted by Gasteiger charge is 2.55. The van der Waals surface area contributed by atoms with Gasteiger partial charge in [-0.25, -0.2) is 4.68 Å². The SMILES string of the molecule is O=C1C[C@]2(C(=O)Nc3cccc(Cl)c32)c2cnn(-c3ccccc3)c2N1.